The molecule has 1 unspecified atom stereocenters. The van der Waals surface area contributed by atoms with E-state index in [1.807, 2.05) is 31.2 Å². The van der Waals surface area contributed by atoms with Crippen LogP contribution in [0.1, 0.15) is 48.1 Å². The predicted octanol–water partition coefficient (Wildman–Crippen LogP) is 4.60. The monoisotopic (exact) mass is 402 g/mol. The van der Waals surface area contributed by atoms with Gasteiger partial charge < -0.3 is 10.2 Å². The number of rotatable bonds is 5. The number of nitrogens with zero attached hydrogens (tertiary/aromatic N) is 1. The van der Waals surface area contributed by atoms with E-state index in [-0.39, 0.29) is 29.6 Å². The zero-order valence-corrected chi connectivity index (χ0v) is 16.6. The van der Waals surface area contributed by atoms with Gasteiger partial charge in [0.15, 0.2) is 0 Å². The van der Waals surface area contributed by atoms with Gasteiger partial charge in [-0.05, 0) is 61.2 Å². The minimum atomic E-state index is -0.364. The maximum absolute atomic E-state index is 13.0. The number of piperidine rings is 1. The number of likely N-dealkylation sites (tertiary alicyclic amines) is 1. The van der Waals surface area contributed by atoms with Crippen LogP contribution in [-0.4, -0.2) is 29.8 Å². The molecule has 0 saturated carbocycles. The predicted molar refractivity (Wildman–Crippen MR) is 108 cm³/mol. The molecule has 6 heteroatoms. The molecule has 0 radical (unpaired) electrons. The molecular formula is C22H24ClFN2O2. The van der Waals surface area contributed by atoms with Gasteiger partial charge in [-0.3, -0.25) is 9.59 Å². The van der Waals surface area contributed by atoms with E-state index < -0.39 is 0 Å². The van der Waals surface area contributed by atoms with Crippen LogP contribution in [-0.2, 0) is 4.79 Å². The number of hydrogen-bond donors (Lipinski definition) is 1. The number of carbonyl (C=O) groups is 2. The van der Waals surface area contributed by atoms with Crippen molar-refractivity contribution in [1.29, 1.82) is 0 Å². The summed E-state index contributed by atoms with van der Waals surface area (Å²) in [5.74, 6) is -0.590. The number of nitrogens with one attached hydrogen (secondary N) is 1. The summed E-state index contributed by atoms with van der Waals surface area (Å²) < 4.78 is 13.0. The Bertz CT molecular complexity index is 833. The van der Waals surface area contributed by atoms with Gasteiger partial charge in [0.05, 0.1) is 6.04 Å². The summed E-state index contributed by atoms with van der Waals surface area (Å²) in [6, 6.07) is 13.0. The van der Waals surface area contributed by atoms with Crippen LogP contribution in [0.25, 0.3) is 0 Å². The van der Waals surface area contributed by atoms with Crippen LogP contribution in [0.15, 0.2) is 48.5 Å². The Morgan fingerprint density at radius 1 is 1.18 bits per heavy atom. The van der Waals surface area contributed by atoms with Gasteiger partial charge in [-0.2, -0.15) is 0 Å². The van der Waals surface area contributed by atoms with E-state index in [4.69, 9.17) is 11.6 Å². The minimum absolute atomic E-state index is 0.0145. The summed E-state index contributed by atoms with van der Waals surface area (Å²) in [5.41, 5.74) is 1.46. The second-order valence-electron chi connectivity index (χ2n) is 7.10. The highest BCUT2D eigenvalue weighted by Gasteiger charge is 2.29. The molecule has 0 spiro atoms. The molecule has 1 aliphatic heterocycles. The number of benzene rings is 2. The van der Waals surface area contributed by atoms with Gasteiger partial charge in [0.1, 0.15) is 5.82 Å². The van der Waals surface area contributed by atoms with E-state index in [1.54, 1.807) is 4.90 Å². The molecule has 1 saturated heterocycles. The van der Waals surface area contributed by atoms with Gasteiger partial charge in [0.25, 0.3) is 5.91 Å². The van der Waals surface area contributed by atoms with Gasteiger partial charge in [-0.15, -0.1) is 0 Å². The molecular weight excluding hydrogens is 379 g/mol. The third-order valence-electron chi connectivity index (χ3n) is 5.22. The van der Waals surface area contributed by atoms with E-state index in [0.29, 0.717) is 36.5 Å². The molecule has 0 bridgehead atoms. The molecule has 148 valence electrons. The van der Waals surface area contributed by atoms with Crippen molar-refractivity contribution < 1.29 is 14.0 Å². The topological polar surface area (TPSA) is 49.4 Å². The van der Waals surface area contributed by atoms with Gasteiger partial charge >= 0.3 is 0 Å². The Labute approximate surface area is 169 Å². The molecule has 2 aromatic rings. The molecule has 3 rings (SSSR count). The summed E-state index contributed by atoms with van der Waals surface area (Å²) in [7, 11) is 0. The van der Waals surface area contributed by atoms with E-state index in [2.05, 4.69) is 5.32 Å². The van der Waals surface area contributed by atoms with Crippen molar-refractivity contribution in [3.05, 3.63) is 70.5 Å². The Balaban J connectivity index is 1.55. The molecule has 28 heavy (non-hydrogen) atoms. The minimum Gasteiger partial charge on any atom is -0.349 e. The van der Waals surface area contributed by atoms with Crippen molar-refractivity contribution >= 4 is 23.4 Å². The first-order valence-electron chi connectivity index (χ1n) is 9.58. The Morgan fingerprint density at radius 3 is 2.46 bits per heavy atom. The highest BCUT2D eigenvalue weighted by molar-refractivity contribution is 6.30. The van der Waals surface area contributed by atoms with Crippen LogP contribution in [0.4, 0.5) is 4.39 Å². The molecule has 2 amide bonds. The largest absolute Gasteiger partial charge is 0.349 e. The van der Waals surface area contributed by atoms with Crippen molar-refractivity contribution in [2.75, 3.05) is 13.1 Å². The lowest BCUT2D eigenvalue weighted by molar-refractivity contribution is -0.127. The third kappa shape index (κ3) is 4.90. The average Bonchev–Trinajstić information content (AvgIpc) is 2.72. The van der Waals surface area contributed by atoms with E-state index >= 15 is 0 Å². The van der Waals surface area contributed by atoms with Crippen LogP contribution in [0.5, 0.6) is 0 Å². The van der Waals surface area contributed by atoms with Crippen LogP contribution >= 0.6 is 11.6 Å². The molecule has 0 aliphatic carbocycles. The fourth-order valence-corrected chi connectivity index (χ4v) is 3.75. The summed E-state index contributed by atoms with van der Waals surface area (Å²) in [6.45, 7) is 3.06. The first-order valence-corrected chi connectivity index (χ1v) is 9.96. The SMILES string of the molecule is CCC(NC(=O)C1CCN(C(=O)c2ccc(F)cc2)CC1)c1cccc(Cl)c1. The quantitative estimate of drug-likeness (QED) is 0.794. The number of amides is 2. The fraction of sp³-hybridized carbons (Fsp3) is 0.364. The number of hydrogen-bond acceptors (Lipinski definition) is 2. The van der Waals surface area contributed by atoms with E-state index in [0.717, 1.165) is 12.0 Å². The standard InChI is InChI=1S/C22H24ClFN2O2/c1-2-20(17-4-3-5-18(23)14-17)25-21(27)15-10-12-26(13-11-15)22(28)16-6-8-19(24)9-7-16/h3-9,14-15,20H,2,10-13H2,1H3,(H,25,27). The van der Waals surface area contributed by atoms with Gasteiger partial charge in [-0.25, -0.2) is 4.39 Å². The van der Waals surface area contributed by atoms with E-state index in [9.17, 15) is 14.0 Å². The molecule has 0 aromatic heterocycles. The summed E-state index contributed by atoms with van der Waals surface area (Å²) >= 11 is 6.07. The molecule has 1 aliphatic rings. The van der Waals surface area contributed by atoms with Crippen molar-refractivity contribution in [3.8, 4) is 0 Å². The van der Waals surface area contributed by atoms with E-state index in [1.165, 1.54) is 24.3 Å². The zero-order chi connectivity index (χ0) is 20.1. The first-order chi connectivity index (χ1) is 13.5. The molecule has 1 N–H and O–H groups in total. The highest BCUT2D eigenvalue weighted by Crippen LogP contribution is 2.24. The van der Waals surface area contributed by atoms with Gasteiger partial charge in [-0.1, -0.05) is 30.7 Å². The van der Waals surface area contributed by atoms with Crippen LogP contribution in [0.3, 0.4) is 0 Å². The highest BCUT2D eigenvalue weighted by atomic mass is 35.5. The first kappa shape index (κ1) is 20.3. The van der Waals surface area contributed by atoms with Crippen molar-refractivity contribution in [2.24, 2.45) is 5.92 Å². The number of carbonyl (C=O) groups excluding carboxylic acids is 2. The molecule has 1 heterocycles. The maximum atomic E-state index is 13.0. The Morgan fingerprint density at radius 2 is 1.86 bits per heavy atom. The normalized spacial score (nSPS) is 15.9. The molecule has 2 aromatic carbocycles. The lowest BCUT2D eigenvalue weighted by atomic mass is 9.94. The number of halogens is 2. The van der Waals surface area contributed by atoms with Crippen LogP contribution in [0.2, 0.25) is 5.02 Å². The maximum Gasteiger partial charge on any atom is 0.253 e. The molecule has 1 atom stereocenters. The molecule has 4 nitrogen and oxygen atoms in total. The van der Waals surface area contributed by atoms with Crippen molar-refractivity contribution in [3.63, 3.8) is 0 Å². The summed E-state index contributed by atoms with van der Waals surface area (Å²) in [6.07, 6.45) is 2.00. The van der Waals surface area contributed by atoms with Crippen LogP contribution < -0.4 is 5.32 Å². The molecule has 1 fully saturated rings. The second-order valence-corrected chi connectivity index (χ2v) is 7.53. The Hall–Kier alpha value is -2.40. The van der Waals surface area contributed by atoms with Crippen molar-refractivity contribution in [1.82, 2.24) is 10.2 Å². The van der Waals surface area contributed by atoms with Crippen molar-refractivity contribution in [2.45, 2.75) is 32.2 Å². The average molecular weight is 403 g/mol. The zero-order valence-electron chi connectivity index (χ0n) is 15.8. The third-order valence-corrected chi connectivity index (χ3v) is 5.46. The summed E-state index contributed by atoms with van der Waals surface area (Å²) in [4.78, 5) is 27.0. The lowest BCUT2D eigenvalue weighted by Gasteiger charge is -2.32. The Kier molecular flexibility index (Phi) is 6.68. The second kappa shape index (κ2) is 9.20. The smallest absolute Gasteiger partial charge is 0.253 e. The summed E-state index contributed by atoms with van der Waals surface area (Å²) in [5, 5.41) is 3.77. The van der Waals surface area contributed by atoms with Gasteiger partial charge in [0.2, 0.25) is 5.91 Å². The van der Waals surface area contributed by atoms with Crippen LogP contribution in [0, 0.1) is 11.7 Å². The fourth-order valence-electron chi connectivity index (χ4n) is 3.55. The lowest BCUT2D eigenvalue weighted by Crippen LogP contribution is -2.43. The van der Waals surface area contributed by atoms with Gasteiger partial charge in [0, 0.05) is 29.6 Å².